The van der Waals surface area contributed by atoms with Crippen LogP contribution < -0.4 is 5.32 Å². The molecule has 0 unspecified atom stereocenters. The van der Waals surface area contributed by atoms with Gasteiger partial charge in [-0.1, -0.05) is 6.08 Å². The number of hydrogen-bond acceptors (Lipinski definition) is 10. The summed E-state index contributed by atoms with van der Waals surface area (Å²) in [5, 5.41) is 3.32. The molecule has 1 aliphatic rings. The fraction of sp³-hybridized carbons (Fsp3) is 0.917. The maximum Gasteiger partial charge on any atom is 0.0704 e. The molecule has 0 aromatic heterocycles. The zero-order valence-electron chi connectivity index (χ0n) is 20.9. The lowest BCUT2D eigenvalue weighted by atomic mass is 10.1. The summed E-state index contributed by atoms with van der Waals surface area (Å²) in [6.07, 6.45) is 4.27. The minimum Gasteiger partial charge on any atom is -0.377 e. The number of piperidine rings is 1. The molecular formula is C24H47NO9. The number of ether oxygens (including phenoxy) is 9. The van der Waals surface area contributed by atoms with E-state index >= 15 is 0 Å². The molecule has 0 bridgehead atoms. The van der Waals surface area contributed by atoms with Gasteiger partial charge in [-0.3, -0.25) is 0 Å². The van der Waals surface area contributed by atoms with Crippen LogP contribution in [0.25, 0.3) is 0 Å². The molecule has 1 rings (SSSR count). The summed E-state index contributed by atoms with van der Waals surface area (Å²) in [5.41, 5.74) is 0. The van der Waals surface area contributed by atoms with Crippen molar-refractivity contribution in [2.24, 2.45) is 0 Å². The molecular weight excluding hydrogens is 446 g/mol. The molecule has 1 aliphatic heterocycles. The largest absolute Gasteiger partial charge is 0.377 e. The van der Waals surface area contributed by atoms with Crippen molar-refractivity contribution in [1.82, 2.24) is 5.32 Å². The van der Waals surface area contributed by atoms with E-state index in [4.69, 9.17) is 42.6 Å². The second-order valence-corrected chi connectivity index (χ2v) is 7.47. The first kappa shape index (κ1) is 31.4. The average molecular weight is 494 g/mol. The Morgan fingerprint density at radius 2 is 0.824 bits per heavy atom. The van der Waals surface area contributed by atoms with Gasteiger partial charge in [0, 0.05) is 0 Å². The van der Waals surface area contributed by atoms with Gasteiger partial charge < -0.3 is 47.9 Å². The number of hydrogen-bond donors (Lipinski definition) is 1. The van der Waals surface area contributed by atoms with Crippen LogP contribution in [0.3, 0.4) is 0 Å². The third kappa shape index (κ3) is 23.1. The van der Waals surface area contributed by atoms with Crippen molar-refractivity contribution in [1.29, 1.82) is 0 Å². The predicted molar refractivity (Wildman–Crippen MR) is 129 cm³/mol. The Bertz CT molecular complexity index is 412. The van der Waals surface area contributed by atoms with E-state index in [0.29, 0.717) is 118 Å². The SMILES string of the molecule is C=CCOCCOCCOCCOCCOCCOCCOCCOCCOC1CCNCC1. The van der Waals surface area contributed by atoms with Gasteiger partial charge in [-0.25, -0.2) is 0 Å². The molecule has 1 saturated heterocycles. The summed E-state index contributed by atoms with van der Waals surface area (Å²) in [7, 11) is 0. The van der Waals surface area contributed by atoms with Crippen LogP contribution in [0.1, 0.15) is 12.8 Å². The van der Waals surface area contributed by atoms with Gasteiger partial charge in [0.1, 0.15) is 0 Å². The summed E-state index contributed by atoms with van der Waals surface area (Å²) in [6.45, 7) is 15.1. The van der Waals surface area contributed by atoms with E-state index in [2.05, 4.69) is 11.9 Å². The molecule has 0 spiro atoms. The zero-order chi connectivity index (χ0) is 24.2. The highest BCUT2D eigenvalue weighted by molar-refractivity contribution is 4.67. The average Bonchev–Trinajstić information content (AvgIpc) is 2.87. The smallest absolute Gasteiger partial charge is 0.0704 e. The van der Waals surface area contributed by atoms with E-state index in [-0.39, 0.29) is 0 Å². The van der Waals surface area contributed by atoms with Gasteiger partial charge in [-0.05, 0) is 25.9 Å². The fourth-order valence-corrected chi connectivity index (χ4v) is 2.94. The van der Waals surface area contributed by atoms with Crippen LogP contribution in [0.2, 0.25) is 0 Å². The Labute approximate surface area is 205 Å². The summed E-state index contributed by atoms with van der Waals surface area (Å²) in [4.78, 5) is 0. The molecule has 0 aromatic carbocycles. The maximum absolute atomic E-state index is 5.77. The van der Waals surface area contributed by atoms with E-state index in [0.717, 1.165) is 25.9 Å². The Morgan fingerprint density at radius 1 is 0.500 bits per heavy atom. The van der Waals surface area contributed by atoms with Crippen molar-refractivity contribution in [3.63, 3.8) is 0 Å². The Hall–Kier alpha value is -0.660. The predicted octanol–water partition coefficient (Wildman–Crippen LogP) is 1.07. The molecule has 0 aliphatic carbocycles. The van der Waals surface area contributed by atoms with Gasteiger partial charge in [-0.2, -0.15) is 0 Å². The van der Waals surface area contributed by atoms with Crippen LogP contribution in [0.5, 0.6) is 0 Å². The minimum atomic E-state index is 0.379. The molecule has 1 N–H and O–H groups in total. The third-order valence-corrected chi connectivity index (χ3v) is 4.71. The van der Waals surface area contributed by atoms with Crippen molar-refractivity contribution in [3.05, 3.63) is 12.7 Å². The molecule has 10 heteroatoms. The highest BCUT2D eigenvalue weighted by Gasteiger charge is 2.12. The first-order valence-electron chi connectivity index (χ1n) is 12.5. The van der Waals surface area contributed by atoms with E-state index < -0.39 is 0 Å². The zero-order valence-corrected chi connectivity index (χ0v) is 20.9. The third-order valence-electron chi connectivity index (χ3n) is 4.71. The van der Waals surface area contributed by atoms with Gasteiger partial charge in [-0.15, -0.1) is 6.58 Å². The van der Waals surface area contributed by atoms with Gasteiger partial charge in [0.05, 0.1) is 118 Å². The Balaban J connectivity index is 1.62. The lowest BCUT2D eigenvalue weighted by Gasteiger charge is -2.22. The minimum absolute atomic E-state index is 0.379. The van der Waals surface area contributed by atoms with Crippen molar-refractivity contribution in [2.45, 2.75) is 18.9 Å². The maximum atomic E-state index is 5.77. The monoisotopic (exact) mass is 493 g/mol. The topological polar surface area (TPSA) is 95.1 Å². The van der Waals surface area contributed by atoms with Gasteiger partial charge >= 0.3 is 0 Å². The molecule has 1 heterocycles. The quantitative estimate of drug-likeness (QED) is 0.132. The molecule has 202 valence electrons. The second kappa shape index (κ2) is 26.9. The van der Waals surface area contributed by atoms with Crippen LogP contribution in [0, 0.1) is 0 Å². The standard InChI is InChI=1S/C24H47NO9/c1-2-7-26-8-9-27-10-11-28-12-13-29-14-15-30-16-17-31-18-19-32-20-21-33-22-23-34-24-3-5-25-6-4-24/h2,24-25H,1,3-23H2. The normalized spacial score (nSPS) is 14.6. The van der Waals surface area contributed by atoms with E-state index in [1.165, 1.54) is 0 Å². The van der Waals surface area contributed by atoms with Crippen molar-refractivity contribution >= 4 is 0 Å². The molecule has 0 amide bonds. The summed E-state index contributed by atoms with van der Waals surface area (Å²) in [5.74, 6) is 0. The highest BCUT2D eigenvalue weighted by atomic mass is 16.6. The first-order valence-corrected chi connectivity index (χ1v) is 12.5. The van der Waals surface area contributed by atoms with Gasteiger partial charge in [0.25, 0.3) is 0 Å². The van der Waals surface area contributed by atoms with Crippen LogP contribution in [-0.4, -0.2) is 132 Å². The van der Waals surface area contributed by atoms with E-state index in [9.17, 15) is 0 Å². The van der Waals surface area contributed by atoms with E-state index in [1.54, 1.807) is 6.08 Å². The van der Waals surface area contributed by atoms with Crippen molar-refractivity contribution in [3.8, 4) is 0 Å². The van der Waals surface area contributed by atoms with Gasteiger partial charge in [0.2, 0.25) is 0 Å². The summed E-state index contributed by atoms with van der Waals surface area (Å²) >= 11 is 0. The molecule has 10 nitrogen and oxygen atoms in total. The fourth-order valence-electron chi connectivity index (χ4n) is 2.94. The number of rotatable bonds is 27. The van der Waals surface area contributed by atoms with E-state index in [1.807, 2.05) is 0 Å². The van der Waals surface area contributed by atoms with Crippen LogP contribution >= 0.6 is 0 Å². The molecule has 0 saturated carbocycles. The van der Waals surface area contributed by atoms with Crippen molar-refractivity contribution in [2.75, 3.05) is 125 Å². The highest BCUT2D eigenvalue weighted by Crippen LogP contribution is 2.06. The molecule has 1 fully saturated rings. The lowest BCUT2D eigenvalue weighted by Crippen LogP contribution is -2.33. The summed E-state index contributed by atoms with van der Waals surface area (Å²) in [6, 6.07) is 0. The van der Waals surface area contributed by atoms with Crippen LogP contribution in [-0.2, 0) is 42.6 Å². The van der Waals surface area contributed by atoms with Gasteiger partial charge in [0.15, 0.2) is 0 Å². The first-order chi connectivity index (χ1) is 16.9. The summed E-state index contributed by atoms with van der Waals surface area (Å²) < 4.78 is 49.1. The Morgan fingerprint density at radius 3 is 1.18 bits per heavy atom. The van der Waals surface area contributed by atoms with Crippen molar-refractivity contribution < 1.29 is 42.6 Å². The Kier molecular flexibility index (Phi) is 24.9. The van der Waals surface area contributed by atoms with Crippen LogP contribution in [0.15, 0.2) is 12.7 Å². The molecule has 0 aromatic rings. The molecule has 0 atom stereocenters. The molecule has 34 heavy (non-hydrogen) atoms. The number of nitrogens with one attached hydrogen (secondary N) is 1. The lowest BCUT2D eigenvalue weighted by molar-refractivity contribution is -0.0317. The second-order valence-electron chi connectivity index (χ2n) is 7.47. The van der Waals surface area contributed by atoms with Crippen LogP contribution in [0.4, 0.5) is 0 Å². The molecule has 0 radical (unpaired) electrons.